The van der Waals surface area contributed by atoms with Gasteiger partial charge in [0.1, 0.15) is 5.84 Å². The molecule has 0 radical (unpaired) electrons. The van der Waals surface area contributed by atoms with Crippen LogP contribution in [0.1, 0.15) is 27.2 Å². The Hall–Kier alpha value is -0.810. The van der Waals surface area contributed by atoms with E-state index in [2.05, 4.69) is 10.1 Å². The van der Waals surface area contributed by atoms with E-state index in [-0.39, 0.29) is 5.84 Å². The van der Waals surface area contributed by atoms with E-state index >= 15 is 0 Å². The summed E-state index contributed by atoms with van der Waals surface area (Å²) in [6, 6.07) is 0. The Labute approximate surface area is 85.2 Å². The van der Waals surface area contributed by atoms with Crippen LogP contribution in [0.5, 0.6) is 0 Å². The topological polar surface area (TPSA) is 82.1 Å². The van der Waals surface area contributed by atoms with Crippen LogP contribution < -0.4 is 5.73 Å². The number of rotatable bonds is 6. The van der Waals surface area contributed by atoms with Gasteiger partial charge in [0.2, 0.25) is 0 Å². The maximum Gasteiger partial charge on any atom is 0.140 e. The molecule has 0 saturated carbocycles. The molecule has 84 valence electrons. The van der Waals surface area contributed by atoms with Crippen LogP contribution in [0.3, 0.4) is 0 Å². The second kappa shape index (κ2) is 5.82. The molecule has 0 atom stereocenters. The Bertz CT molecular complexity index is 187. The van der Waals surface area contributed by atoms with Crippen molar-refractivity contribution < 1.29 is 10.3 Å². The molecule has 0 spiro atoms. The molecule has 0 aromatic rings. The summed E-state index contributed by atoms with van der Waals surface area (Å²) in [6.07, 6.45) is 0.514. The molecule has 0 rings (SSSR count). The second-order valence-corrected chi connectivity index (χ2v) is 4.02. The van der Waals surface area contributed by atoms with Gasteiger partial charge in [0.25, 0.3) is 0 Å². The summed E-state index contributed by atoms with van der Waals surface area (Å²) in [4.78, 5) is 2.05. The van der Waals surface area contributed by atoms with Crippen LogP contribution in [0.4, 0.5) is 0 Å². The first kappa shape index (κ1) is 13.2. The summed E-state index contributed by atoms with van der Waals surface area (Å²) in [5, 5.41) is 20.8. The minimum absolute atomic E-state index is 0.221. The van der Waals surface area contributed by atoms with Crippen molar-refractivity contribution in [2.45, 2.75) is 32.8 Å². The van der Waals surface area contributed by atoms with Gasteiger partial charge in [0.05, 0.1) is 5.60 Å². The number of oxime groups is 1. The normalized spacial score (nSPS) is 13.6. The number of hydrogen-bond acceptors (Lipinski definition) is 4. The first-order valence-electron chi connectivity index (χ1n) is 4.80. The standard InChI is InChI=1S/C9H21N3O2/c1-4-12(7-9(2,3)13)6-5-8(10)11-14/h13-14H,4-7H2,1-3H3,(H2,10,11). The van der Waals surface area contributed by atoms with Crippen molar-refractivity contribution >= 4 is 5.84 Å². The molecule has 0 unspecified atom stereocenters. The number of amidine groups is 1. The number of likely N-dealkylation sites (N-methyl/N-ethyl adjacent to an activating group) is 1. The lowest BCUT2D eigenvalue weighted by molar-refractivity contribution is 0.0387. The molecule has 0 heterocycles. The van der Waals surface area contributed by atoms with E-state index in [0.29, 0.717) is 19.5 Å². The van der Waals surface area contributed by atoms with E-state index < -0.39 is 5.60 Å². The minimum atomic E-state index is -0.707. The molecule has 0 aliphatic rings. The maximum absolute atomic E-state index is 9.59. The number of nitrogens with zero attached hydrogens (tertiary/aromatic N) is 2. The van der Waals surface area contributed by atoms with Gasteiger partial charge in [-0.05, 0) is 20.4 Å². The lowest BCUT2D eigenvalue weighted by atomic mass is 10.1. The SMILES string of the molecule is CCN(CCC(N)=NO)CC(C)(C)O. The van der Waals surface area contributed by atoms with Crippen LogP contribution in [-0.2, 0) is 0 Å². The fraction of sp³-hybridized carbons (Fsp3) is 0.889. The van der Waals surface area contributed by atoms with Gasteiger partial charge >= 0.3 is 0 Å². The zero-order valence-electron chi connectivity index (χ0n) is 9.19. The Balaban J connectivity index is 3.92. The van der Waals surface area contributed by atoms with Crippen LogP contribution in [0.15, 0.2) is 5.16 Å². The number of hydrogen-bond donors (Lipinski definition) is 3. The smallest absolute Gasteiger partial charge is 0.140 e. The lowest BCUT2D eigenvalue weighted by Gasteiger charge is -2.27. The van der Waals surface area contributed by atoms with Crippen molar-refractivity contribution in [2.24, 2.45) is 10.9 Å². The molecular weight excluding hydrogens is 182 g/mol. The third-order valence-corrected chi connectivity index (χ3v) is 1.87. The molecule has 0 saturated heterocycles. The molecule has 5 nitrogen and oxygen atoms in total. The summed E-state index contributed by atoms with van der Waals surface area (Å²) in [6.45, 7) is 7.65. The predicted octanol–water partition coefficient (Wildman–Crippen LogP) is 0.216. The largest absolute Gasteiger partial charge is 0.409 e. The van der Waals surface area contributed by atoms with Gasteiger partial charge in [-0.15, -0.1) is 0 Å². The molecule has 0 fully saturated rings. The fourth-order valence-electron chi connectivity index (χ4n) is 1.22. The molecule has 0 amide bonds. The minimum Gasteiger partial charge on any atom is -0.409 e. The highest BCUT2D eigenvalue weighted by molar-refractivity contribution is 5.79. The van der Waals surface area contributed by atoms with Gasteiger partial charge in [-0.3, -0.25) is 0 Å². The summed E-state index contributed by atoms with van der Waals surface area (Å²) in [7, 11) is 0. The zero-order valence-corrected chi connectivity index (χ0v) is 9.19. The van der Waals surface area contributed by atoms with E-state index in [9.17, 15) is 5.11 Å². The summed E-state index contributed by atoms with van der Waals surface area (Å²) < 4.78 is 0. The third-order valence-electron chi connectivity index (χ3n) is 1.87. The van der Waals surface area contributed by atoms with E-state index in [1.807, 2.05) is 6.92 Å². The highest BCUT2D eigenvalue weighted by atomic mass is 16.4. The Morgan fingerprint density at radius 2 is 2.07 bits per heavy atom. The lowest BCUT2D eigenvalue weighted by Crippen LogP contribution is -2.40. The molecule has 0 aromatic heterocycles. The highest BCUT2D eigenvalue weighted by Crippen LogP contribution is 2.04. The molecule has 0 aliphatic carbocycles. The van der Waals surface area contributed by atoms with Gasteiger partial charge in [-0.1, -0.05) is 12.1 Å². The average Bonchev–Trinajstić information content (AvgIpc) is 2.09. The molecule has 14 heavy (non-hydrogen) atoms. The third kappa shape index (κ3) is 6.68. The molecule has 0 bridgehead atoms. The van der Waals surface area contributed by atoms with Crippen molar-refractivity contribution in [3.8, 4) is 0 Å². The number of aliphatic hydroxyl groups is 1. The van der Waals surface area contributed by atoms with Crippen molar-refractivity contribution in [3.05, 3.63) is 0 Å². The zero-order chi connectivity index (χ0) is 11.2. The molecular formula is C9H21N3O2. The first-order chi connectivity index (χ1) is 6.39. The molecule has 0 aliphatic heterocycles. The Morgan fingerprint density at radius 1 is 1.50 bits per heavy atom. The summed E-state index contributed by atoms with van der Waals surface area (Å²) in [5.41, 5.74) is 4.64. The van der Waals surface area contributed by atoms with Gasteiger partial charge in [-0.25, -0.2) is 0 Å². The van der Waals surface area contributed by atoms with E-state index in [0.717, 1.165) is 6.54 Å². The van der Waals surface area contributed by atoms with E-state index in [1.165, 1.54) is 0 Å². The fourth-order valence-corrected chi connectivity index (χ4v) is 1.22. The molecule has 0 aromatic carbocycles. The van der Waals surface area contributed by atoms with Crippen LogP contribution in [0, 0.1) is 0 Å². The van der Waals surface area contributed by atoms with Crippen LogP contribution in [0.2, 0.25) is 0 Å². The first-order valence-corrected chi connectivity index (χ1v) is 4.80. The molecule has 4 N–H and O–H groups in total. The van der Waals surface area contributed by atoms with Crippen LogP contribution in [-0.4, -0.2) is 46.3 Å². The highest BCUT2D eigenvalue weighted by Gasteiger charge is 2.16. The van der Waals surface area contributed by atoms with Gasteiger partial charge < -0.3 is 20.9 Å². The van der Waals surface area contributed by atoms with Crippen molar-refractivity contribution in [1.29, 1.82) is 0 Å². The van der Waals surface area contributed by atoms with Crippen molar-refractivity contribution in [1.82, 2.24) is 4.90 Å². The van der Waals surface area contributed by atoms with Crippen molar-refractivity contribution in [3.63, 3.8) is 0 Å². The maximum atomic E-state index is 9.59. The predicted molar refractivity (Wildman–Crippen MR) is 56.4 cm³/mol. The van der Waals surface area contributed by atoms with Gasteiger partial charge in [0.15, 0.2) is 0 Å². The Kier molecular flexibility index (Phi) is 5.49. The second-order valence-electron chi connectivity index (χ2n) is 4.02. The summed E-state index contributed by atoms with van der Waals surface area (Å²) >= 11 is 0. The van der Waals surface area contributed by atoms with Crippen LogP contribution in [0.25, 0.3) is 0 Å². The van der Waals surface area contributed by atoms with E-state index in [1.54, 1.807) is 13.8 Å². The van der Waals surface area contributed by atoms with E-state index in [4.69, 9.17) is 10.9 Å². The average molecular weight is 203 g/mol. The van der Waals surface area contributed by atoms with Crippen molar-refractivity contribution in [2.75, 3.05) is 19.6 Å². The van der Waals surface area contributed by atoms with Crippen LogP contribution >= 0.6 is 0 Å². The number of nitrogens with two attached hydrogens (primary N) is 1. The van der Waals surface area contributed by atoms with Gasteiger partial charge in [-0.2, -0.15) is 0 Å². The summed E-state index contributed by atoms with van der Waals surface area (Å²) in [5.74, 6) is 0.221. The monoisotopic (exact) mass is 203 g/mol. The Morgan fingerprint density at radius 3 is 2.43 bits per heavy atom. The molecule has 5 heteroatoms. The quantitative estimate of drug-likeness (QED) is 0.249. The van der Waals surface area contributed by atoms with Gasteiger partial charge in [0, 0.05) is 19.5 Å².